The molecule has 1 aliphatic rings. The van der Waals surface area contributed by atoms with Crippen LogP contribution in [0.2, 0.25) is 0 Å². The minimum absolute atomic E-state index is 0.0662. The molecule has 39 heavy (non-hydrogen) atoms. The number of nitrogens with one attached hydrogen (secondary N) is 1. The van der Waals surface area contributed by atoms with Crippen LogP contribution in [0.25, 0.3) is 22.2 Å². The molecule has 0 radical (unpaired) electrons. The molecule has 0 spiro atoms. The number of alkyl halides is 3. The summed E-state index contributed by atoms with van der Waals surface area (Å²) in [5, 5.41) is 22.4. The summed E-state index contributed by atoms with van der Waals surface area (Å²) in [7, 11) is 0. The Morgan fingerprint density at radius 3 is 2.77 bits per heavy atom. The zero-order valence-corrected chi connectivity index (χ0v) is 21.6. The van der Waals surface area contributed by atoms with E-state index in [0.29, 0.717) is 48.4 Å². The predicted octanol–water partition coefficient (Wildman–Crippen LogP) is 2.44. The van der Waals surface area contributed by atoms with Crippen LogP contribution in [0, 0.1) is 0 Å². The Kier molecular flexibility index (Phi) is 7.22. The highest BCUT2D eigenvalue weighted by Crippen LogP contribution is 2.35. The molecule has 5 N–H and O–H groups in total. The third-order valence-electron chi connectivity index (χ3n) is 7.24. The number of para-hydroxylation sites is 1. The normalized spacial score (nSPS) is 22.2. The van der Waals surface area contributed by atoms with E-state index in [0.717, 1.165) is 12.5 Å². The zero-order valence-electron chi connectivity index (χ0n) is 21.6. The van der Waals surface area contributed by atoms with Gasteiger partial charge in [-0.25, -0.2) is 19.9 Å². The summed E-state index contributed by atoms with van der Waals surface area (Å²) in [5.41, 5.74) is 4.24. The van der Waals surface area contributed by atoms with Crippen LogP contribution in [0.5, 0.6) is 0 Å². The van der Waals surface area contributed by atoms with E-state index in [1.165, 1.54) is 23.3 Å². The largest absolute Gasteiger partial charge is 0.418 e. The van der Waals surface area contributed by atoms with E-state index in [4.69, 9.17) is 10.5 Å². The molecule has 14 heteroatoms. The molecule has 5 rings (SSSR count). The lowest BCUT2D eigenvalue weighted by Crippen LogP contribution is -2.49. The maximum atomic E-state index is 13.3. The summed E-state index contributed by atoms with van der Waals surface area (Å²) in [6.45, 7) is 4.91. The topological polar surface area (TPSA) is 151 Å². The van der Waals surface area contributed by atoms with Gasteiger partial charge in [-0.1, -0.05) is 6.07 Å². The van der Waals surface area contributed by atoms with Gasteiger partial charge in [0.1, 0.15) is 35.4 Å². The molecule has 0 saturated carbocycles. The number of fused-ring (bicyclic) bond motifs is 2. The van der Waals surface area contributed by atoms with Gasteiger partial charge in [-0.2, -0.15) is 13.2 Å². The minimum Gasteiger partial charge on any atom is -0.385 e. The molecule has 0 bridgehead atoms. The first kappa shape index (κ1) is 27.2. The molecule has 4 aromatic rings. The molecule has 3 unspecified atom stereocenters. The van der Waals surface area contributed by atoms with Crippen molar-refractivity contribution >= 4 is 28.0 Å². The summed E-state index contributed by atoms with van der Waals surface area (Å²) < 4.78 is 47.1. The number of aromatic nitrogens is 6. The second-order valence-corrected chi connectivity index (χ2v) is 10.1. The fraction of sp³-hybridized carbons (Fsp3) is 0.520. The number of unbranched alkanes of at least 4 members (excludes halogenated alkanes) is 1. The molecule has 1 aromatic carbocycles. The fourth-order valence-corrected chi connectivity index (χ4v) is 5.03. The van der Waals surface area contributed by atoms with Crippen LogP contribution < -0.4 is 5.73 Å². The maximum absolute atomic E-state index is 13.3. The first-order valence-corrected chi connectivity index (χ1v) is 12.7. The summed E-state index contributed by atoms with van der Waals surface area (Å²) in [6.07, 6.45) is -1.83. The average molecular weight is 549 g/mol. The Bertz CT molecular complexity index is 1460. The number of hydrogen-bond acceptors (Lipinski definition) is 9. The fourth-order valence-electron chi connectivity index (χ4n) is 5.03. The van der Waals surface area contributed by atoms with Crippen LogP contribution in [-0.4, -0.2) is 82.5 Å². The number of nitrogens with zero attached hydrogens (tertiary/aromatic N) is 6. The Balaban J connectivity index is 1.20. The third-order valence-corrected chi connectivity index (χ3v) is 7.24. The van der Waals surface area contributed by atoms with E-state index in [2.05, 4.69) is 29.8 Å². The third kappa shape index (κ3) is 5.16. The molecule has 3 atom stereocenters. The summed E-state index contributed by atoms with van der Waals surface area (Å²) >= 11 is 0. The second kappa shape index (κ2) is 10.3. The lowest BCUT2D eigenvalue weighted by atomic mass is 10.0. The average Bonchev–Trinajstić information content (AvgIpc) is 3.57. The SMILES string of the molecule is CC(C)N(CCCCc1nc2c(C(F)(F)F)cccc2[nH]1)CC1OCC(O)(n2cnc3c(N)ncnc32)C1O. The molecular formula is C25H31F3N8O3. The van der Waals surface area contributed by atoms with E-state index >= 15 is 0 Å². The number of aliphatic hydroxyl groups is 2. The van der Waals surface area contributed by atoms with Crippen LogP contribution in [0.3, 0.4) is 0 Å². The quantitative estimate of drug-likeness (QED) is 0.231. The van der Waals surface area contributed by atoms with Crippen molar-refractivity contribution in [2.45, 2.75) is 63.3 Å². The van der Waals surface area contributed by atoms with Crippen molar-refractivity contribution in [1.82, 2.24) is 34.4 Å². The van der Waals surface area contributed by atoms with E-state index in [1.807, 2.05) is 13.8 Å². The molecule has 1 fully saturated rings. The number of ether oxygens (including phenoxy) is 1. The molecule has 1 aliphatic heterocycles. The smallest absolute Gasteiger partial charge is 0.385 e. The Hall–Kier alpha value is -3.33. The summed E-state index contributed by atoms with van der Waals surface area (Å²) in [6, 6.07) is 4.11. The van der Waals surface area contributed by atoms with Gasteiger partial charge in [0, 0.05) is 19.0 Å². The number of aliphatic hydroxyl groups excluding tert-OH is 1. The van der Waals surface area contributed by atoms with Crippen LogP contribution in [0.15, 0.2) is 30.9 Å². The van der Waals surface area contributed by atoms with Crippen molar-refractivity contribution in [3.63, 3.8) is 0 Å². The number of H-pyrrole nitrogens is 1. The maximum Gasteiger partial charge on any atom is 0.418 e. The Morgan fingerprint density at radius 2 is 2.03 bits per heavy atom. The van der Waals surface area contributed by atoms with E-state index in [1.54, 1.807) is 6.07 Å². The number of imidazole rings is 2. The van der Waals surface area contributed by atoms with Crippen molar-refractivity contribution in [2.75, 3.05) is 25.4 Å². The predicted molar refractivity (Wildman–Crippen MR) is 136 cm³/mol. The van der Waals surface area contributed by atoms with Gasteiger partial charge in [0.25, 0.3) is 0 Å². The molecule has 210 valence electrons. The number of nitrogens with two attached hydrogens (primary N) is 1. The number of benzene rings is 1. The minimum atomic E-state index is -4.46. The number of anilines is 1. The number of hydrogen-bond donors (Lipinski definition) is 4. The molecule has 1 saturated heterocycles. The van der Waals surface area contributed by atoms with Gasteiger partial charge < -0.3 is 25.7 Å². The summed E-state index contributed by atoms with van der Waals surface area (Å²) in [5.74, 6) is 0.677. The molecule has 3 aromatic heterocycles. The van der Waals surface area contributed by atoms with Crippen molar-refractivity contribution in [3.8, 4) is 0 Å². The molecule has 11 nitrogen and oxygen atoms in total. The number of aryl methyl sites for hydroxylation is 1. The van der Waals surface area contributed by atoms with Gasteiger partial charge in [0.05, 0.1) is 24.0 Å². The molecule has 0 aliphatic carbocycles. The Labute approximate surface area is 221 Å². The van der Waals surface area contributed by atoms with Crippen LogP contribution >= 0.6 is 0 Å². The lowest BCUT2D eigenvalue weighted by molar-refractivity contribution is -0.136. The van der Waals surface area contributed by atoms with E-state index < -0.39 is 29.7 Å². The molecule has 0 amide bonds. The van der Waals surface area contributed by atoms with Crippen LogP contribution in [0.4, 0.5) is 19.0 Å². The highest BCUT2D eigenvalue weighted by Gasteiger charge is 2.50. The van der Waals surface area contributed by atoms with Gasteiger partial charge in [-0.05, 0) is 45.4 Å². The van der Waals surface area contributed by atoms with Crippen LogP contribution in [-0.2, 0) is 23.1 Å². The second-order valence-electron chi connectivity index (χ2n) is 10.1. The van der Waals surface area contributed by atoms with Gasteiger partial charge in [0.2, 0.25) is 0 Å². The van der Waals surface area contributed by atoms with Crippen molar-refractivity contribution in [2.24, 2.45) is 0 Å². The van der Waals surface area contributed by atoms with Crippen molar-refractivity contribution < 1.29 is 28.1 Å². The van der Waals surface area contributed by atoms with Crippen molar-refractivity contribution in [3.05, 3.63) is 42.2 Å². The van der Waals surface area contributed by atoms with Crippen molar-refractivity contribution in [1.29, 1.82) is 0 Å². The van der Waals surface area contributed by atoms with Gasteiger partial charge in [0.15, 0.2) is 17.2 Å². The first-order valence-electron chi connectivity index (χ1n) is 12.7. The number of nitrogen functional groups attached to an aromatic ring is 1. The number of halogens is 3. The zero-order chi connectivity index (χ0) is 27.9. The van der Waals surface area contributed by atoms with Gasteiger partial charge >= 0.3 is 6.18 Å². The standard InChI is InChI=1S/C25H31F3N8O3/c1-14(2)35(9-4-3-8-18-33-16-7-5-6-15(19(16)34-18)25(26,27)28)10-17-21(37)24(38,11-39-17)36-13-32-20-22(29)30-12-31-23(20)36/h5-7,12-14,17,21,37-38H,3-4,8-11H2,1-2H3,(H,33,34)(H2,29,30,31). The van der Waals surface area contributed by atoms with E-state index in [-0.39, 0.29) is 24.0 Å². The number of aromatic amines is 1. The summed E-state index contributed by atoms with van der Waals surface area (Å²) in [4.78, 5) is 21.5. The Morgan fingerprint density at radius 1 is 1.23 bits per heavy atom. The van der Waals surface area contributed by atoms with Gasteiger partial charge in [-0.15, -0.1) is 0 Å². The molecule has 4 heterocycles. The monoisotopic (exact) mass is 548 g/mol. The van der Waals surface area contributed by atoms with Gasteiger partial charge in [-0.3, -0.25) is 9.47 Å². The highest BCUT2D eigenvalue weighted by atomic mass is 19.4. The first-order chi connectivity index (χ1) is 18.5. The van der Waals surface area contributed by atoms with Crippen LogP contribution in [0.1, 0.15) is 38.1 Å². The molecular weight excluding hydrogens is 517 g/mol. The van der Waals surface area contributed by atoms with E-state index in [9.17, 15) is 23.4 Å². The highest BCUT2D eigenvalue weighted by molar-refractivity contribution is 5.81. The lowest BCUT2D eigenvalue weighted by Gasteiger charge is -2.32. The number of rotatable bonds is 9.